The number of hydrogen-bond acceptors (Lipinski definition) is 4. The molecular formula is C13H21N3O2S. The first-order chi connectivity index (χ1) is 9.04. The molecule has 1 aliphatic rings. The predicted molar refractivity (Wildman–Crippen MR) is 74.2 cm³/mol. The van der Waals surface area contributed by atoms with E-state index in [9.17, 15) is 8.42 Å². The summed E-state index contributed by atoms with van der Waals surface area (Å²) >= 11 is 0. The largest absolute Gasteiger partial charge is 0.313 e. The topological polar surface area (TPSA) is 62.3 Å². The highest BCUT2D eigenvalue weighted by molar-refractivity contribution is 7.89. The fourth-order valence-corrected chi connectivity index (χ4v) is 3.67. The standard InChI is InChI=1S/C13H21N3O2S/c1-3-14-8-12-4-5-13(15-9-12)19(17,18)16-7-6-11(2)10-16/h4-5,9,11,14H,3,6-8,10H2,1-2H3. The summed E-state index contributed by atoms with van der Waals surface area (Å²) in [6.45, 7) is 6.90. The maximum atomic E-state index is 12.4. The maximum absolute atomic E-state index is 12.4. The van der Waals surface area contributed by atoms with Crippen LogP contribution in [0.5, 0.6) is 0 Å². The van der Waals surface area contributed by atoms with Crippen molar-refractivity contribution in [2.24, 2.45) is 5.92 Å². The Balaban J connectivity index is 2.12. The van der Waals surface area contributed by atoms with Gasteiger partial charge in [0.1, 0.15) is 0 Å². The average Bonchev–Trinajstić information content (AvgIpc) is 2.84. The van der Waals surface area contributed by atoms with Gasteiger partial charge in [-0.3, -0.25) is 0 Å². The Morgan fingerprint density at radius 1 is 1.47 bits per heavy atom. The molecule has 2 rings (SSSR count). The van der Waals surface area contributed by atoms with E-state index in [4.69, 9.17) is 0 Å². The maximum Gasteiger partial charge on any atom is 0.260 e. The van der Waals surface area contributed by atoms with Crippen LogP contribution in [0.3, 0.4) is 0 Å². The lowest BCUT2D eigenvalue weighted by Crippen LogP contribution is -2.29. The van der Waals surface area contributed by atoms with E-state index in [1.807, 2.05) is 13.0 Å². The second-order valence-corrected chi connectivity index (χ2v) is 6.93. The van der Waals surface area contributed by atoms with Crippen molar-refractivity contribution in [1.82, 2.24) is 14.6 Å². The first kappa shape index (κ1) is 14.4. The molecule has 1 aromatic heterocycles. The van der Waals surface area contributed by atoms with Crippen LogP contribution in [0.25, 0.3) is 0 Å². The molecular weight excluding hydrogens is 262 g/mol. The van der Waals surface area contributed by atoms with Crippen LogP contribution in [0, 0.1) is 5.92 Å². The van der Waals surface area contributed by atoms with E-state index in [0.29, 0.717) is 25.6 Å². The van der Waals surface area contributed by atoms with Crippen molar-refractivity contribution in [3.63, 3.8) is 0 Å². The number of nitrogens with one attached hydrogen (secondary N) is 1. The van der Waals surface area contributed by atoms with Crippen LogP contribution in [0.2, 0.25) is 0 Å². The Bertz CT molecular complexity index is 513. The van der Waals surface area contributed by atoms with Crippen molar-refractivity contribution in [3.05, 3.63) is 23.9 Å². The molecule has 19 heavy (non-hydrogen) atoms. The number of sulfonamides is 1. The van der Waals surface area contributed by atoms with Gasteiger partial charge in [-0.2, -0.15) is 4.31 Å². The first-order valence-electron chi connectivity index (χ1n) is 6.70. The van der Waals surface area contributed by atoms with Crippen molar-refractivity contribution >= 4 is 10.0 Å². The Kier molecular flexibility index (Phi) is 4.54. The summed E-state index contributed by atoms with van der Waals surface area (Å²) in [5.74, 6) is 0.433. The molecule has 1 unspecified atom stereocenters. The molecule has 0 aromatic carbocycles. The lowest BCUT2D eigenvalue weighted by molar-refractivity contribution is 0.461. The highest BCUT2D eigenvalue weighted by Gasteiger charge is 2.31. The fraction of sp³-hybridized carbons (Fsp3) is 0.615. The lowest BCUT2D eigenvalue weighted by atomic mass is 10.2. The Hall–Kier alpha value is -0.980. The predicted octanol–water partition coefficient (Wildman–Crippen LogP) is 1.22. The number of aromatic nitrogens is 1. The fourth-order valence-electron chi connectivity index (χ4n) is 2.18. The molecule has 1 fully saturated rings. The minimum absolute atomic E-state index is 0.154. The molecule has 0 saturated carbocycles. The van der Waals surface area contributed by atoms with Crippen LogP contribution in [-0.4, -0.2) is 37.3 Å². The van der Waals surface area contributed by atoms with Gasteiger partial charge >= 0.3 is 0 Å². The number of pyridine rings is 1. The molecule has 0 amide bonds. The number of nitrogens with zero attached hydrogens (tertiary/aromatic N) is 2. The summed E-state index contributed by atoms with van der Waals surface area (Å²) in [7, 11) is -3.41. The lowest BCUT2D eigenvalue weighted by Gasteiger charge is -2.15. The molecule has 0 bridgehead atoms. The summed E-state index contributed by atoms with van der Waals surface area (Å²) in [5, 5.41) is 3.34. The third-order valence-corrected chi connectivity index (χ3v) is 5.15. The van der Waals surface area contributed by atoms with E-state index in [2.05, 4.69) is 17.2 Å². The van der Waals surface area contributed by atoms with E-state index in [0.717, 1.165) is 18.5 Å². The van der Waals surface area contributed by atoms with Gasteiger partial charge in [-0.1, -0.05) is 19.9 Å². The van der Waals surface area contributed by atoms with Crippen LogP contribution in [0.15, 0.2) is 23.4 Å². The zero-order valence-corrected chi connectivity index (χ0v) is 12.3. The second-order valence-electron chi connectivity index (χ2n) is 5.04. The quantitative estimate of drug-likeness (QED) is 0.882. The van der Waals surface area contributed by atoms with Crippen LogP contribution >= 0.6 is 0 Å². The van der Waals surface area contributed by atoms with Gasteiger partial charge in [-0.05, 0) is 30.5 Å². The minimum Gasteiger partial charge on any atom is -0.313 e. The molecule has 1 saturated heterocycles. The summed E-state index contributed by atoms with van der Waals surface area (Å²) < 4.78 is 26.2. The molecule has 106 valence electrons. The molecule has 5 nitrogen and oxygen atoms in total. The van der Waals surface area contributed by atoms with Crippen molar-refractivity contribution in [2.45, 2.75) is 31.8 Å². The van der Waals surface area contributed by atoms with Gasteiger partial charge in [0.05, 0.1) is 0 Å². The van der Waals surface area contributed by atoms with Gasteiger partial charge in [0.15, 0.2) is 5.03 Å². The van der Waals surface area contributed by atoms with Gasteiger partial charge in [0, 0.05) is 25.8 Å². The van der Waals surface area contributed by atoms with Crippen LogP contribution in [0.4, 0.5) is 0 Å². The van der Waals surface area contributed by atoms with Crippen molar-refractivity contribution in [3.8, 4) is 0 Å². The van der Waals surface area contributed by atoms with E-state index in [1.54, 1.807) is 12.3 Å². The molecule has 0 aliphatic carbocycles. The Labute approximate surface area is 115 Å². The number of hydrogen-bond donors (Lipinski definition) is 1. The van der Waals surface area contributed by atoms with Gasteiger partial charge in [0.25, 0.3) is 10.0 Å². The number of rotatable bonds is 5. The van der Waals surface area contributed by atoms with E-state index in [1.165, 1.54) is 4.31 Å². The van der Waals surface area contributed by atoms with Crippen molar-refractivity contribution < 1.29 is 8.42 Å². The van der Waals surface area contributed by atoms with Gasteiger partial charge in [-0.15, -0.1) is 0 Å². The second kappa shape index (κ2) is 5.98. The van der Waals surface area contributed by atoms with E-state index >= 15 is 0 Å². The summed E-state index contributed by atoms with van der Waals surface area (Å²) in [4.78, 5) is 4.10. The molecule has 0 spiro atoms. The highest BCUT2D eigenvalue weighted by atomic mass is 32.2. The normalized spacial score (nSPS) is 20.8. The Morgan fingerprint density at radius 3 is 2.79 bits per heavy atom. The summed E-state index contributed by atoms with van der Waals surface area (Å²) in [6.07, 6.45) is 2.56. The van der Waals surface area contributed by atoms with Gasteiger partial charge in [-0.25, -0.2) is 13.4 Å². The SMILES string of the molecule is CCNCc1ccc(S(=O)(=O)N2CCC(C)C2)nc1. The van der Waals surface area contributed by atoms with E-state index < -0.39 is 10.0 Å². The zero-order chi connectivity index (χ0) is 13.9. The zero-order valence-electron chi connectivity index (χ0n) is 11.5. The highest BCUT2D eigenvalue weighted by Crippen LogP contribution is 2.22. The molecule has 1 N–H and O–H groups in total. The smallest absolute Gasteiger partial charge is 0.260 e. The molecule has 1 aromatic rings. The third kappa shape index (κ3) is 3.32. The molecule has 6 heteroatoms. The minimum atomic E-state index is -3.41. The van der Waals surface area contributed by atoms with Gasteiger partial charge in [0.2, 0.25) is 0 Å². The van der Waals surface area contributed by atoms with E-state index in [-0.39, 0.29) is 5.03 Å². The molecule has 1 atom stereocenters. The third-order valence-electron chi connectivity index (χ3n) is 3.37. The summed E-state index contributed by atoms with van der Waals surface area (Å²) in [6, 6.07) is 3.42. The Morgan fingerprint density at radius 2 is 2.26 bits per heavy atom. The van der Waals surface area contributed by atoms with Crippen molar-refractivity contribution in [2.75, 3.05) is 19.6 Å². The monoisotopic (exact) mass is 283 g/mol. The van der Waals surface area contributed by atoms with Crippen LogP contribution in [0.1, 0.15) is 25.8 Å². The molecule has 0 radical (unpaired) electrons. The first-order valence-corrected chi connectivity index (χ1v) is 8.14. The van der Waals surface area contributed by atoms with Crippen LogP contribution in [-0.2, 0) is 16.6 Å². The molecule has 2 heterocycles. The van der Waals surface area contributed by atoms with Crippen LogP contribution < -0.4 is 5.32 Å². The summed E-state index contributed by atoms with van der Waals surface area (Å²) in [5.41, 5.74) is 0.996. The molecule has 1 aliphatic heterocycles. The average molecular weight is 283 g/mol. The van der Waals surface area contributed by atoms with Gasteiger partial charge < -0.3 is 5.32 Å². The van der Waals surface area contributed by atoms with Crippen molar-refractivity contribution in [1.29, 1.82) is 0 Å².